The minimum absolute atomic E-state index is 0.161. The summed E-state index contributed by atoms with van der Waals surface area (Å²) in [6.45, 7) is 4.41. The van der Waals surface area contributed by atoms with Crippen LogP contribution in [0.4, 0.5) is 4.39 Å². The average molecular weight is 350 g/mol. The molecular formula is C18H21BrFN. The SMILES string of the molecule is CCC(C)c1ccc(C(NC)c2c(F)cccc2Br)cc1. The molecule has 0 radical (unpaired) electrons. The summed E-state index contributed by atoms with van der Waals surface area (Å²) >= 11 is 3.45. The fourth-order valence-electron chi connectivity index (χ4n) is 2.52. The third-order valence-corrected chi connectivity index (χ3v) is 4.72. The third kappa shape index (κ3) is 3.53. The van der Waals surface area contributed by atoms with Gasteiger partial charge in [-0.15, -0.1) is 0 Å². The van der Waals surface area contributed by atoms with Gasteiger partial charge in [-0.2, -0.15) is 0 Å². The van der Waals surface area contributed by atoms with Gasteiger partial charge in [-0.05, 0) is 42.6 Å². The van der Waals surface area contributed by atoms with Gasteiger partial charge in [0.05, 0.1) is 6.04 Å². The van der Waals surface area contributed by atoms with Crippen LogP contribution in [-0.4, -0.2) is 7.05 Å². The molecule has 1 N–H and O–H groups in total. The van der Waals surface area contributed by atoms with E-state index in [0.29, 0.717) is 11.5 Å². The lowest BCUT2D eigenvalue weighted by Crippen LogP contribution is -2.19. The molecule has 21 heavy (non-hydrogen) atoms. The molecule has 2 unspecified atom stereocenters. The lowest BCUT2D eigenvalue weighted by atomic mass is 9.93. The van der Waals surface area contributed by atoms with Crippen LogP contribution in [0.2, 0.25) is 0 Å². The highest BCUT2D eigenvalue weighted by Crippen LogP contribution is 2.31. The molecule has 0 saturated carbocycles. The van der Waals surface area contributed by atoms with Crippen molar-refractivity contribution < 1.29 is 4.39 Å². The summed E-state index contributed by atoms with van der Waals surface area (Å²) in [6.07, 6.45) is 1.12. The van der Waals surface area contributed by atoms with Crippen LogP contribution in [-0.2, 0) is 0 Å². The topological polar surface area (TPSA) is 12.0 Å². The maximum absolute atomic E-state index is 14.2. The lowest BCUT2D eigenvalue weighted by molar-refractivity contribution is 0.573. The van der Waals surface area contributed by atoms with Crippen LogP contribution < -0.4 is 5.32 Å². The van der Waals surface area contributed by atoms with E-state index in [1.807, 2.05) is 13.1 Å². The molecule has 112 valence electrons. The van der Waals surface area contributed by atoms with Crippen molar-refractivity contribution in [3.63, 3.8) is 0 Å². The van der Waals surface area contributed by atoms with Crippen molar-refractivity contribution >= 4 is 15.9 Å². The zero-order valence-corrected chi connectivity index (χ0v) is 14.2. The monoisotopic (exact) mass is 349 g/mol. The van der Waals surface area contributed by atoms with Gasteiger partial charge < -0.3 is 5.32 Å². The van der Waals surface area contributed by atoms with Gasteiger partial charge in [0.1, 0.15) is 5.82 Å². The zero-order chi connectivity index (χ0) is 15.4. The average Bonchev–Trinajstić information content (AvgIpc) is 2.50. The Morgan fingerprint density at radius 1 is 1.10 bits per heavy atom. The van der Waals surface area contributed by atoms with Crippen molar-refractivity contribution in [2.75, 3.05) is 7.05 Å². The quantitative estimate of drug-likeness (QED) is 0.760. The van der Waals surface area contributed by atoms with Crippen molar-refractivity contribution in [3.05, 3.63) is 69.4 Å². The summed E-state index contributed by atoms with van der Waals surface area (Å²) in [5.74, 6) is 0.349. The summed E-state index contributed by atoms with van der Waals surface area (Å²) in [5.41, 5.74) is 3.04. The Hall–Kier alpha value is -1.19. The molecule has 0 saturated heterocycles. The molecular weight excluding hydrogens is 329 g/mol. The van der Waals surface area contributed by atoms with E-state index in [9.17, 15) is 4.39 Å². The third-order valence-electron chi connectivity index (χ3n) is 4.03. The van der Waals surface area contributed by atoms with Gasteiger partial charge in [-0.3, -0.25) is 0 Å². The first-order chi connectivity index (χ1) is 10.1. The first-order valence-electron chi connectivity index (χ1n) is 7.29. The molecule has 0 aliphatic rings. The number of hydrogen-bond donors (Lipinski definition) is 1. The van der Waals surface area contributed by atoms with Gasteiger partial charge in [0.25, 0.3) is 0 Å². The van der Waals surface area contributed by atoms with Gasteiger partial charge in [0.2, 0.25) is 0 Å². The Morgan fingerprint density at radius 3 is 2.24 bits per heavy atom. The van der Waals surface area contributed by atoms with Crippen LogP contribution in [0.5, 0.6) is 0 Å². The first-order valence-corrected chi connectivity index (χ1v) is 8.08. The van der Waals surface area contributed by atoms with Gasteiger partial charge in [-0.1, -0.05) is 60.1 Å². The Morgan fingerprint density at radius 2 is 1.71 bits per heavy atom. The largest absolute Gasteiger partial charge is 0.309 e. The Balaban J connectivity index is 2.38. The van der Waals surface area contributed by atoms with Crippen molar-refractivity contribution in [3.8, 4) is 0 Å². The number of hydrogen-bond acceptors (Lipinski definition) is 1. The van der Waals surface area contributed by atoms with E-state index < -0.39 is 0 Å². The zero-order valence-electron chi connectivity index (χ0n) is 12.7. The molecule has 2 aromatic rings. The summed E-state index contributed by atoms with van der Waals surface area (Å²) in [6, 6.07) is 13.4. The molecule has 2 atom stereocenters. The molecule has 0 heterocycles. The van der Waals surface area contributed by atoms with E-state index in [-0.39, 0.29) is 11.9 Å². The van der Waals surface area contributed by atoms with Gasteiger partial charge in [-0.25, -0.2) is 4.39 Å². The highest BCUT2D eigenvalue weighted by molar-refractivity contribution is 9.10. The molecule has 0 aliphatic heterocycles. The maximum Gasteiger partial charge on any atom is 0.129 e. The highest BCUT2D eigenvalue weighted by atomic mass is 79.9. The first kappa shape index (κ1) is 16.2. The predicted octanol–water partition coefficient (Wildman–Crippen LogP) is 5.41. The van der Waals surface area contributed by atoms with Crippen molar-refractivity contribution in [1.29, 1.82) is 0 Å². The summed E-state index contributed by atoms with van der Waals surface area (Å²) < 4.78 is 15.0. The Kier molecular flexibility index (Phi) is 5.54. The van der Waals surface area contributed by atoms with E-state index in [1.165, 1.54) is 11.6 Å². The maximum atomic E-state index is 14.2. The second-order valence-corrected chi connectivity index (χ2v) is 6.19. The Labute approximate surface area is 134 Å². The van der Waals surface area contributed by atoms with Crippen LogP contribution in [0, 0.1) is 5.82 Å². The van der Waals surface area contributed by atoms with Crippen LogP contribution in [0.1, 0.15) is 48.9 Å². The molecule has 0 bridgehead atoms. The molecule has 0 aliphatic carbocycles. The van der Waals surface area contributed by atoms with Gasteiger partial charge >= 0.3 is 0 Å². The molecule has 1 nitrogen and oxygen atoms in total. The lowest BCUT2D eigenvalue weighted by Gasteiger charge is -2.20. The molecule has 0 amide bonds. The standard InChI is InChI=1S/C18H21BrFN/c1-4-12(2)13-8-10-14(11-9-13)18(21-3)17-15(19)6-5-7-16(17)20/h5-12,18,21H,4H2,1-3H3. The van der Waals surface area contributed by atoms with Crippen LogP contribution in [0.15, 0.2) is 46.9 Å². The van der Waals surface area contributed by atoms with E-state index >= 15 is 0 Å². The van der Waals surface area contributed by atoms with Crippen LogP contribution >= 0.6 is 15.9 Å². The van der Waals surface area contributed by atoms with Crippen molar-refractivity contribution in [2.24, 2.45) is 0 Å². The number of rotatable bonds is 5. The molecule has 0 aromatic heterocycles. The molecule has 2 rings (SSSR count). The fourth-order valence-corrected chi connectivity index (χ4v) is 3.09. The van der Waals surface area contributed by atoms with Crippen molar-refractivity contribution in [2.45, 2.75) is 32.2 Å². The summed E-state index contributed by atoms with van der Waals surface area (Å²) in [4.78, 5) is 0. The van der Waals surface area contributed by atoms with E-state index in [1.54, 1.807) is 6.07 Å². The van der Waals surface area contributed by atoms with Gasteiger partial charge in [0.15, 0.2) is 0 Å². The molecule has 0 fully saturated rings. The van der Waals surface area contributed by atoms with Crippen LogP contribution in [0.25, 0.3) is 0 Å². The minimum atomic E-state index is -0.199. The van der Waals surface area contributed by atoms with Gasteiger partial charge in [0, 0.05) is 10.0 Å². The molecule has 0 spiro atoms. The molecule has 3 heteroatoms. The predicted molar refractivity (Wildman–Crippen MR) is 90.2 cm³/mol. The smallest absolute Gasteiger partial charge is 0.129 e. The van der Waals surface area contributed by atoms with Crippen LogP contribution in [0.3, 0.4) is 0 Å². The number of benzene rings is 2. The van der Waals surface area contributed by atoms with E-state index in [2.05, 4.69) is 59.4 Å². The second-order valence-electron chi connectivity index (χ2n) is 5.33. The van der Waals surface area contributed by atoms with Crippen molar-refractivity contribution in [1.82, 2.24) is 5.32 Å². The van der Waals surface area contributed by atoms with E-state index in [4.69, 9.17) is 0 Å². The normalized spacial score (nSPS) is 14.0. The summed E-state index contributed by atoms with van der Waals surface area (Å²) in [5, 5.41) is 3.21. The van der Waals surface area contributed by atoms with E-state index in [0.717, 1.165) is 16.5 Å². The second kappa shape index (κ2) is 7.19. The number of halogens is 2. The summed E-state index contributed by atoms with van der Waals surface area (Å²) in [7, 11) is 1.85. The Bertz CT molecular complexity index is 574. The minimum Gasteiger partial charge on any atom is -0.309 e. The molecule has 2 aromatic carbocycles. The fraction of sp³-hybridized carbons (Fsp3) is 0.333. The number of nitrogens with one attached hydrogen (secondary N) is 1. The highest BCUT2D eigenvalue weighted by Gasteiger charge is 2.19.